The minimum absolute atomic E-state index is 0.0881. The molecule has 2 N–H and O–H groups in total. The molecule has 0 bridgehead atoms. The summed E-state index contributed by atoms with van der Waals surface area (Å²) in [6, 6.07) is 9.89. The number of aromatic carboxylic acids is 1. The summed E-state index contributed by atoms with van der Waals surface area (Å²) in [4.78, 5) is 26.9. The lowest BCUT2D eigenvalue weighted by Gasteiger charge is -2.06. The van der Waals surface area contributed by atoms with Crippen LogP contribution < -0.4 is 5.32 Å². The fourth-order valence-electron chi connectivity index (χ4n) is 1.64. The summed E-state index contributed by atoms with van der Waals surface area (Å²) in [5, 5.41) is 11.6. The molecule has 6 heteroatoms. The fraction of sp³-hybridized carbons (Fsp3) is 0.0714. The number of anilines is 1. The van der Waals surface area contributed by atoms with E-state index in [2.05, 4.69) is 26.2 Å². The number of carbonyl (C=O) groups is 2. The summed E-state index contributed by atoms with van der Waals surface area (Å²) in [6.07, 6.45) is 0. The highest BCUT2D eigenvalue weighted by atomic mass is 79.9. The number of hydrogen-bond donors (Lipinski definition) is 2. The van der Waals surface area contributed by atoms with Crippen LogP contribution in [0, 0.1) is 6.92 Å². The molecule has 2 aromatic rings. The molecule has 0 aliphatic carbocycles. The van der Waals surface area contributed by atoms with Gasteiger partial charge in [-0.25, -0.2) is 9.78 Å². The summed E-state index contributed by atoms with van der Waals surface area (Å²) in [6.45, 7) is 1.56. The smallest absolute Gasteiger partial charge is 0.337 e. The third kappa shape index (κ3) is 3.21. The van der Waals surface area contributed by atoms with Gasteiger partial charge in [0, 0.05) is 10.2 Å². The second kappa shape index (κ2) is 5.83. The number of carbonyl (C=O) groups excluding carboxylic acids is 1. The van der Waals surface area contributed by atoms with Crippen molar-refractivity contribution < 1.29 is 14.7 Å². The highest BCUT2D eigenvalue weighted by molar-refractivity contribution is 9.10. The van der Waals surface area contributed by atoms with Gasteiger partial charge in [0.2, 0.25) is 0 Å². The Morgan fingerprint density at radius 2 is 1.80 bits per heavy atom. The van der Waals surface area contributed by atoms with Crippen LogP contribution in [-0.2, 0) is 0 Å². The summed E-state index contributed by atoms with van der Waals surface area (Å²) >= 11 is 3.31. The van der Waals surface area contributed by atoms with Crippen LogP contribution in [-0.4, -0.2) is 22.0 Å². The van der Waals surface area contributed by atoms with Gasteiger partial charge in [0.25, 0.3) is 5.91 Å². The van der Waals surface area contributed by atoms with Gasteiger partial charge in [-0.1, -0.05) is 15.9 Å². The van der Waals surface area contributed by atoms with Gasteiger partial charge in [0.15, 0.2) is 0 Å². The van der Waals surface area contributed by atoms with Gasteiger partial charge in [0.1, 0.15) is 5.69 Å². The summed E-state index contributed by atoms with van der Waals surface area (Å²) in [5.41, 5.74) is 1.21. The monoisotopic (exact) mass is 334 g/mol. The van der Waals surface area contributed by atoms with Gasteiger partial charge in [-0.2, -0.15) is 0 Å². The normalized spacial score (nSPS) is 10.1. The van der Waals surface area contributed by atoms with E-state index in [9.17, 15) is 9.59 Å². The summed E-state index contributed by atoms with van der Waals surface area (Å²) < 4.78 is 0.912. The second-order valence-electron chi connectivity index (χ2n) is 4.10. The predicted molar refractivity (Wildman–Crippen MR) is 78.0 cm³/mol. The molecule has 1 aromatic carbocycles. The number of benzene rings is 1. The maximum atomic E-state index is 12.0. The van der Waals surface area contributed by atoms with E-state index in [1.54, 1.807) is 19.1 Å². The van der Waals surface area contributed by atoms with Crippen LogP contribution in [0.3, 0.4) is 0 Å². The number of pyridine rings is 1. The number of nitrogens with zero attached hydrogens (tertiary/aromatic N) is 1. The van der Waals surface area contributed by atoms with Crippen LogP contribution in [0.1, 0.15) is 26.5 Å². The number of rotatable bonds is 3. The average molecular weight is 335 g/mol. The van der Waals surface area contributed by atoms with Crippen LogP contribution in [0.15, 0.2) is 40.9 Å². The highest BCUT2D eigenvalue weighted by Gasteiger charge is 2.13. The van der Waals surface area contributed by atoms with Crippen molar-refractivity contribution in [2.45, 2.75) is 6.92 Å². The SMILES string of the molecule is Cc1nc(C(=O)Nc2ccc(Br)cc2)ccc1C(=O)O. The van der Waals surface area contributed by atoms with E-state index in [0.29, 0.717) is 11.4 Å². The molecule has 0 aliphatic heterocycles. The number of nitrogens with one attached hydrogen (secondary N) is 1. The number of halogens is 1. The topological polar surface area (TPSA) is 79.3 Å². The molecule has 0 radical (unpaired) electrons. The molecule has 0 atom stereocenters. The molecule has 102 valence electrons. The molecule has 0 saturated heterocycles. The first-order chi connectivity index (χ1) is 9.47. The lowest BCUT2D eigenvalue weighted by Crippen LogP contribution is -2.15. The van der Waals surface area contributed by atoms with Gasteiger partial charge in [-0.3, -0.25) is 4.79 Å². The third-order valence-electron chi connectivity index (χ3n) is 2.65. The summed E-state index contributed by atoms with van der Waals surface area (Å²) in [5.74, 6) is -1.44. The van der Waals surface area contributed by atoms with Crippen molar-refractivity contribution in [1.29, 1.82) is 0 Å². The van der Waals surface area contributed by atoms with Gasteiger partial charge >= 0.3 is 5.97 Å². The van der Waals surface area contributed by atoms with Crippen molar-refractivity contribution in [3.63, 3.8) is 0 Å². The Bertz CT molecular complexity index is 669. The molecule has 0 aliphatic rings. The van der Waals surface area contributed by atoms with E-state index in [-0.39, 0.29) is 17.2 Å². The Morgan fingerprint density at radius 1 is 1.15 bits per heavy atom. The molecule has 5 nitrogen and oxygen atoms in total. The number of amides is 1. The Balaban J connectivity index is 2.19. The molecule has 0 fully saturated rings. The summed E-state index contributed by atoms with van der Waals surface area (Å²) in [7, 11) is 0. The number of aryl methyl sites for hydroxylation is 1. The average Bonchev–Trinajstić information content (AvgIpc) is 2.40. The first-order valence-electron chi connectivity index (χ1n) is 5.75. The maximum absolute atomic E-state index is 12.0. The van der Waals surface area contributed by atoms with Crippen LogP contribution >= 0.6 is 15.9 Å². The van der Waals surface area contributed by atoms with Gasteiger partial charge in [-0.15, -0.1) is 0 Å². The lowest BCUT2D eigenvalue weighted by molar-refractivity contribution is 0.0695. The highest BCUT2D eigenvalue weighted by Crippen LogP contribution is 2.15. The number of carboxylic acid groups (broad SMARTS) is 1. The molecule has 2 rings (SSSR count). The van der Waals surface area contributed by atoms with Crippen molar-refractivity contribution in [2.75, 3.05) is 5.32 Å². The van der Waals surface area contributed by atoms with Crippen molar-refractivity contribution in [1.82, 2.24) is 4.98 Å². The zero-order valence-corrected chi connectivity index (χ0v) is 12.1. The van der Waals surface area contributed by atoms with Gasteiger partial charge in [-0.05, 0) is 43.3 Å². The molecule has 1 aromatic heterocycles. The van der Waals surface area contributed by atoms with Crippen molar-refractivity contribution in [3.05, 3.63) is 57.8 Å². The quantitative estimate of drug-likeness (QED) is 0.903. The van der Waals surface area contributed by atoms with Crippen molar-refractivity contribution in [2.24, 2.45) is 0 Å². The Morgan fingerprint density at radius 3 is 2.35 bits per heavy atom. The predicted octanol–water partition coefficient (Wildman–Crippen LogP) is 3.10. The zero-order chi connectivity index (χ0) is 14.7. The second-order valence-corrected chi connectivity index (χ2v) is 5.01. The Kier molecular flexibility index (Phi) is 4.14. The van der Waals surface area contributed by atoms with Gasteiger partial charge < -0.3 is 10.4 Å². The van der Waals surface area contributed by atoms with Gasteiger partial charge in [0.05, 0.1) is 11.3 Å². The van der Waals surface area contributed by atoms with Crippen LogP contribution in [0.25, 0.3) is 0 Å². The Labute approximate surface area is 123 Å². The molecule has 0 spiro atoms. The van der Waals surface area contributed by atoms with E-state index in [0.717, 1.165) is 4.47 Å². The van der Waals surface area contributed by atoms with Crippen molar-refractivity contribution >= 4 is 33.5 Å². The number of carboxylic acids is 1. The number of aromatic nitrogens is 1. The Hall–Kier alpha value is -2.21. The zero-order valence-electron chi connectivity index (χ0n) is 10.6. The first kappa shape index (κ1) is 14.2. The molecule has 0 saturated carbocycles. The van der Waals surface area contributed by atoms with Crippen LogP contribution in [0.5, 0.6) is 0 Å². The lowest BCUT2D eigenvalue weighted by atomic mass is 10.2. The first-order valence-corrected chi connectivity index (χ1v) is 6.54. The minimum Gasteiger partial charge on any atom is -0.478 e. The fourth-order valence-corrected chi connectivity index (χ4v) is 1.91. The van der Waals surface area contributed by atoms with E-state index >= 15 is 0 Å². The molecule has 1 amide bonds. The molecule has 1 heterocycles. The van der Waals surface area contributed by atoms with Crippen LogP contribution in [0.4, 0.5) is 5.69 Å². The third-order valence-corrected chi connectivity index (χ3v) is 3.18. The van der Waals surface area contributed by atoms with E-state index < -0.39 is 5.97 Å². The van der Waals surface area contributed by atoms with Crippen LogP contribution in [0.2, 0.25) is 0 Å². The van der Waals surface area contributed by atoms with E-state index in [1.807, 2.05) is 12.1 Å². The minimum atomic E-state index is -1.06. The van der Waals surface area contributed by atoms with E-state index in [1.165, 1.54) is 12.1 Å². The molecular formula is C14H11BrN2O3. The maximum Gasteiger partial charge on any atom is 0.337 e. The number of hydrogen-bond acceptors (Lipinski definition) is 3. The molecule has 0 unspecified atom stereocenters. The molecule has 20 heavy (non-hydrogen) atoms. The van der Waals surface area contributed by atoms with E-state index in [4.69, 9.17) is 5.11 Å². The standard InChI is InChI=1S/C14H11BrN2O3/c1-8-11(14(19)20)6-7-12(16-8)13(18)17-10-4-2-9(15)3-5-10/h2-7H,1H3,(H,17,18)(H,19,20). The molecular weight excluding hydrogens is 324 g/mol. The van der Waals surface area contributed by atoms with Crippen molar-refractivity contribution in [3.8, 4) is 0 Å². The largest absolute Gasteiger partial charge is 0.478 e.